The number of hydrogen-bond acceptors (Lipinski definition) is 3. The number of nitrogens with one attached hydrogen (secondary N) is 1. The number of carbonyl (C=O) groups is 1. The molecular formula is C21H19ClN2O3S. The molecule has 144 valence electrons. The van der Waals surface area contributed by atoms with Gasteiger partial charge < -0.3 is 5.32 Å². The molecule has 0 heterocycles. The lowest BCUT2D eigenvalue weighted by molar-refractivity contribution is 0.102. The number of aryl methyl sites for hydroxylation is 1. The second-order valence-corrected chi connectivity index (χ2v) is 8.60. The van der Waals surface area contributed by atoms with E-state index < -0.39 is 10.0 Å². The van der Waals surface area contributed by atoms with Crippen LogP contribution in [-0.4, -0.2) is 21.4 Å². The lowest BCUT2D eigenvalue weighted by Crippen LogP contribution is -2.27. The van der Waals surface area contributed by atoms with Crippen molar-refractivity contribution < 1.29 is 13.2 Å². The summed E-state index contributed by atoms with van der Waals surface area (Å²) in [5.74, 6) is -0.323. The summed E-state index contributed by atoms with van der Waals surface area (Å²) in [7, 11) is -2.19. The number of sulfonamides is 1. The fourth-order valence-electron chi connectivity index (χ4n) is 2.79. The van der Waals surface area contributed by atoms with Gasteiger partial charge in [0.25, 0.3) is 15.9 Å². The van der Waals surface area contributed by atoms with E-state index in [0.717, 1.165) is 0 Å². The lowest BCUT2D eigenvalue weighted by atomic mass is 10.1. The molecule has 3 rings (SSSR count). The Morgan fingerprint density at radius 3 is 2.25 bits per heavy atom. The normalized spacial score (nSPS) is 11.1. The third-order valence-corrected chi connectivity index (χ3v) is 6.44. The minimum Gasteiger partial charge on any atom is -0.321 e. The standard InChI is InChI=1S/C21H19ClN2O3S/c1-15-14-16(21(25)23-19-11-7-6-10-18(19)22)12-13-20(15)24(2)28(26,27)17-8-4-3-5-9-17/h3-14H,1-2H3,(H,23,25). The van der Waals surface area contributed by atoms with Crippen molar-refractivity contribution in [2.75, 3.05) is 16.7 Å². The molecule has 3 aromatic rings. The summed E-state index contributed by atoms with van der Waals surface area (Å²) in [6.07, 6.45) is 0. The molecule has 5 nitrogen and oxygen atoms in total. The molecule has 0 aliphatic carbocycles. The SMILES string of the molecule is Cc1cc(C(=O)Nc2ccccc2Cl)ccc1N(C)S(=O)(=O)c1ccccc1. The number of nitrogens with zero attached hydrogens (tertiary/aromatic N) is 1. The summed E-state index contributed by atoms with van der Waals surface area (Å²) in [6, 6.07) is 20.0. The Kier molecular flexibility index (Phi) is 5.72. The van der Waals surface area contributed by atoms with Crippen LogP contribution in [0, 0.1) is 6.92 Å². The number of hydrogen-bond donors (Lipinski definition) is 1. The number of amides is 1. The molecule has 0 aliphatic heterocycles. The molecule has 7 heteroatoms. The molecule has 0 saturated heterocycles. The number of halogens is 1. The Labute approximate surface area is 169 Å². The second kappa shape index (κ2) is 8.04. The molecule has 1 N–H and O–H groups in total. The van der Waals surface area contributed by atoms with Crippen molar-refractivity contribution in [2.24, 2.45) is 0 Å². The molecule has 0 atom stereocenters. The molecule has 0 fully saturated rings. The van der Waals surface area contributed by atoms with Crippen LogP contribution >= 0.6 is 11.6 Å². The van der Waals surface area contributed by atoms with Crippen molar-refractivity contribution in [3.63, 3.8) is 0 Å². The highest BCUT2D eigenvalue weighted by Crippen LogP contribution is 2.27. The van der Waals surface area contributed by atoms with E-state index in [1.165, 1.54) is 11.4 Å². The van der Waals surface area contributed by atoms with Gasteiger partial charge in [-0.3, -0.25) is 9.10 Å². The van der Waals surface area contributed by atoms with Gasteiger partial charge in [0.2, 0.25) is 0 Å². The van der Waals surface area contributed by atoms with E-state index in [1.54, 1.807) is 79.7 Å². The summed E-state index contributed by atoms with van der Waals surface area (Å²) >= 11 is 6.07. The van der Waals surface area contributed by atoms with Gasteiger partial charge in [0, 0.05) is 12.6 Å². The average Bonchev–Trinajstić information content (AvgIpc) is 2.69. The van der Waals surface area contributed by atoms with Gasteiger partial charge in [-0.1, -0.05) is 41.9 Å². The van der Waals surface area contributed by atoms with Crippen molar-refractivity contribution in [1.82, 2.24) is 0 Å². The maximum Gasteiger partial charge on any atom is 0.264 e. The number of para-hydroxylation sites is 1. The van der Waals surface area contributed by atoms with Crippen molar-refractivity contribution in [3.8, 4) is 0 Å². The predicted molar refractivity (Wildman–Crippen MR) is 113 cm³/mol. The zero-order valence-electron chi connectivity index (χ0n) is 15.4. The van der Waals surface area contributed by atoms with Crippen LogP contribution in [0.4, 0.5) is 11.4 Å². The lowest BCUT2D eigenvalue weighted by Gasteiger charge is -2.22. The molecule has 0 aliphatic rings. The largest absolute Gasteiger partial charge is 0.321 e. The highest BCUT2D eigenvalue weighted by Gasteiger charge is 2.22. The molecule has 0 spiro atoms. The molecule has 0 radical (unpaired) electrons. The average molecular weight is 415 g/mol. The third-order valence-electron chi connectivity index (χ3n) is 4.32. The van der Waals surface area contributed by atoms with Crippen LogP contribution in [0.1, 0.15) is 15.9 Å². The third kappa shape index (κ3) is 4.03. The van der Waals surface area contributed by atoms with E-state index in [4.69, 9.17) is 11.6 Å². The van der Waals surface area contributed by atoms with Crippen LogP contribution in [0.2, 0.25) is 5.02 Å². The van der Waals surface area contributed by atoms with E-state index in [2.05, 4.69) is 5.32 Å². The van der Waals surface area contributed by atoms with Gasteiger partial charge in [0.1, 0.15) is 0 Å². The minimum atomic E-state index is -3.69. The number of carbonyl (C=O) groups excluding carboxylic acids is 1. The zero-order valence-corrected chi connectivity index (χ0v) is 17.0. The maximum atomic E-state index is 12.8. The van der Waals surface area contributed by atoms with E-state index in [1.807, 2.05) is 0 Å². The van der Waals surface area contributed by atoms with Gasteiger partial charge in [-0.25, -0.2) is 8.42 Å². The topological polar surface area (TPSA) is 66.5 Å². The first-order valence-corrected chi connectivity index (χ1v) is 10.3. The van der Waals surface area contributed by atoms with Crippen molar-refractivity contribution in [1.29, 1.82) is 0 Å². The fraction of sp³-hybridized carbons (Fsp3) is 0.0952. The second-order valence-electron chi connectivity index (χ2n) is 6.22. The van der Waals surface area contributed by atoms with E-state index in [9.17, 15) is 13.2 Å². The molecular weight excluding hydrogens is 396 g/mol. The van der Waals surface area contributed by atoms with Gasteiger partial charge in [-0.2, -0.15) is 0 Å². The van der Waals surface area contributed by atoms with Crippen molar-refractivity contribution in [3.05, 3.63) is 88.9 Å². The Morgan fingerprint density at radius 1 is 0.964 bits per heavy atom. The number of rotatable bonds is 5. The molecule has 0 unspecified atom stereocenters. The molecule has 0 bridgehead atoms. The van der Waals surface area contributed by atoms with E-state index in [0.29, 0.717) is 27.5 Å². The first-order chi connectivity index (χ1) is 13.3. The van der Waals surface area contributed by atoms with Gasteiger partial charge in [0.15, 0.2) is 0 Å². The fourth-order valence-corrected chi connectivity index (χ4v) is 4.25. The van der Waals surface area contributed by atoms with Crippen molar-refractivity contribution >= 4 is 38.9 Å². The van der Waals surface area contributed by atoms with Gasteiger partial charge in [-0.15, -0.1) is 0 Å². The Balaban J connectivity index is 1.86. The van der Waals surface area contributed by atoms with E-state index >= 15 is 0 Å². The van der Waals surface area contributed by atoms with Gasteiger partial charge in [-0.05, 0) is 55.0 Å². The summed E-state index contributed by atoms with van der Waals surface area (Å²) in [6.45, 7) is 1.76. The monoisotopic (exact) mass is 414 g/mol. The summed E-state index contributed by atoms with van der Waals surface area (Å²) in [4.78, 5) is 12.7. The predicted octanol–water partition coefficient (Wildman–Crippen LogP) is 4.73. The first kappa shape index (κ1) is 19.9. The minimum absolute atomic E-state index is 0.206. The first-order valence-electron chi connectivity index (χ1n) is 8.51. The maximum absolute atomic E-state index is 12.8. The number of anilines is 2. The quantitative estimate of drug-likeness (QED) is 0.656. The molecule has 0 saturated carbocycles. The summed E-state index contributed by atoms with van der Waals surface area (Å²) in [5.41, 5.74) is 2.08. The van der Waals surface area contributed by atoms with Crippen molar-refractivity contribution in [2.45, 2.75) is 11.8 Å². The zero-order chi connectivity index (χ0) is 20.3. The van der Waals surface area contributed by atoms with Crippen LogP contribution in [0.25, 0.3) is 0 Å². The smallest absolute Gasteiger partial charge is 0.264 e. The molecule has 3 aromatic carbocycles. The van der Waals surface area contributed by atoms with E-state index in [-0.39, 0.29) is 10.8 Å². The Morgan fingerprint density at radius 2 is 1.61 bits per heavy atom. The van der Waals surface area contributed by atoms with Gasteiger partial charge in [0.05, 0.1) is 21.3 Å². The molecule has 1 amide bonds. The number of benzene rings is 3. The molecule has 0 aromatic heterocycles. The van der Waals surface area contributed by atoms with Crippen LogP contribution in [0.5, 0.6) is 0 Å². The summed E-state index contributed by atoms with van der Waals surface area (Å²) < 4.78 is 26.8. The highest BCUT2D eigenvalue weighted by molar-refractivity contribution is 7.92. The van der Waals surface area contributed by atoms with Gasteiger partial charge >= 0.3 is 0 Å². The summed E-state index contributed by atoms with van der Waals surface area (Å²) in [5, 5.41) is 3.20. The van der Waals surface area contributed by atoms with Crippen LogP contribution in [0.3, 0.4) is 0 Å². The highest BCUT2D eigenvalue weighted by atomic mass is 35.5. The van der Waals surface area contributed by atoms with Crippen LogP contribution in [-0.2, 0) is 10.0 Å². The Bertz CT molecular complexity index is 1120. The van der Waals surface area contributed by atoms with Crippen LogP contribution in [0.15, 0.2) is 77.7 Å². The Hall–Kier alpha value is -2.83. The molecule has 28 heavy (non-hydrogen) atoms. The van der Waals surface area contributed by atoms with Crippen LogP contribution < -0.4 is 9.62 Å².